The summed E-state index contributed by atoms with van der Waals surface area (Å²) in [4.78, 5) is 13.4. The molecule has 0 radical (unpaired) electrons. The van der Waals surface area contributed by atoms with Crippen LogP contribution in [-0.2, 0) is 6.54 Å². The molecule has 0 atom stereocenters. The molecular formula is C20H16N4. The third-order valence-corrected chi connectivity index (χ3v) is 3.84. The van der Waals surface area contributed by atoms with Crippen molar-refractivity contribution >= 4 is 16.9 Å². The van der Waals surface area contributed by atoms with E-state index in [9.17, 15) is 0 Å². The smallest absolute Gasteiger partial charge is 0.161 e. The van der Waals surface area contributed by atoms with Gasteiger partial charge in [-0.05, 0) is 35.9 Å². The Morgan fingerprint density at radius 3 is 2.46 bits per heavy atom. The maximum Gasteiger partial charge on any atom is 0.161 e. The summed E-state index contributed by atoms with van der Waals surface area (Å²) in [5.74, 6) is 0.818. The first-order valence-corrected chi connectivity index (χ1v) is 7.85. The molecule has 0 aliphatic heterocycles. The molecular weight excluding hydrogens is 296 g/mol. The first-order chi connectivity index (χ1) is 11.9. The maximum absolute atomic E-state index is 4.72. The number of rotatable bonds is 4. The Morgan fingerprint density at radius 2 is 1.62 bits per heavy atom. The van der Waals surface area contributed by atoms with Crippen LogP contribution < -0.4 is 5.32 Å². The summed E-state index contributed by atoms with van der Waals surface area (Å²) >= 11 is 0. The van der Waals surface area contributed by atoms with Crippen LogP contribution in [0.1, 0.15) is 5.69 Å². The summed E-state index contributed by atoms with van der Waals surface area (Å²) < 4.78 is 0. The van der Waals surface area contributed by atoms with E-state index in [4.69, 9.17) is 4.98 Å². The molecule has 24 heavy (non-hydrogen) atoms. The van der Waals surface area contributed by atoms with Crippen LogP contribution in [0, 0.1) is 0 Å². The maximum atomic E-state index is 4.72. The second-order valence-corrected chi connectivity index (χ2v) is 5.48. The van der Waals surface area contributed by atoms with Gasteiger partial charge in [-0.15, -0.1) is 0 Å². The number of aromatic nitrogens is 3. The van der Waals surface area contributed by atoms with Gasteiger partial charge in [0.15, 0.2) is 5.65 Å². The van der Waals surface area contributed by atoms with E-state index in [0.717, 1.165) is 33.7 Å². The van der Waals surface area contributed by atoms with Gasteiger partial charge < -0.3 is 5.32 Å². The van der Waals surface area contributed by atoms with Gasteiger partial charge in [0.1, 0.15) is 5.82 Å². The molecule has 4 heteroatoms. The summed E-state index contributed by atoms with van der Waals surface area (Å²) in [5, 5.41) is 4.43. The number of nitrogens with one attached hydrogen (secondary N) is 1. The number of anilines is 1. The molecule has 116 valence electrons. The summed E-state index contributed by atoms with van der Waals surface area (Å²) in [6.45, 7) is 0.617. The third-order valence-electron chi connectivity index (χ3n) is 3.84. The molecule has 0 spiro atoms. The molecule has 1 N–H and O–H groups in total. The standard InChI is InChI=1S/C20H16N4/c1-2-7-15(8-3-1)18-13-16-9-6-12-22-19(16)24-20(18)23-14-17-10-4-5-11-21-17/h1-13H,14H2,(H,22,23,24). The van der Waals surface area contributed by atoms with Crippen molar-refractivity contribution in [3.05, 3.63) is 84.8 Å². The molecule has 0 aliphatic carbocycles. The van der Waals surface area contributed by atoms with Gasteiger partial charge in [0.05, 0.1) is 12.2 Å². The first-order valence-electron chi connectivity index (χ1n) is 7.85. The lowest BCUT2D eigenvalue weighted by atomic mass is 10.0. The molecule has 0 saturated carbocycles. The molecule has 3 heterocycles. The summed E-state index contributed by atoms with van der Waals surface area (Å²) in [7, 11) is 0. The van der Waals surface area contributed by atoms with E-state index in [0.29, 0.717) is 6.54 Å². The Hall–Kier alpha value is -3.27. The van der Waals surface area contributed by atoms with E-state index >= 15 is 0 Å². The summed E-state index contributed by atoms with van der Waals surface area (Å²) in [6, 6.07) is 22.2. The van der Waals surface area contributed by atoms with Gasteiger partial charge in [0.2, 0.25) is 0 Å². The monoisotopic (exact) mass is 312 g/mol. The van der Waals surface area contributed by atoms with E-state index in [1.807, 2.05) is 48.5 Å². The number of hydrogen-bond donors (Lipinski definition) is 1. The van der Waals surface area contributed by atoms with E-state index in [-0.39, 0.29) is 0 Å². The van der Waals surface area contributed by atoms with Gasteiger partial charge in [-0.2, -0.15) is 0 Å². The zero-order valence-corrected chi connectivity index (χ0v) is 13.1. The molecule has 3 aromatic heterocycles. The fraction of sp³-hybridized carbons (Fsp3) is 0.0500. The normalized spacial score (nSPS) is 10.7. The van der Waals surface area contributed by atoms with Crippen molar-refractivity contribution in [3.63, 3.8) is 0 Å². The highest BCUT2D eigenvalue weighted by Crippen LogP contribution is 2.29. The van der Waals surface area contributed by atoms with Crippen LogP contribution in [0.3, 0.4) is 0 Å². The van der Waals surface area contributed by atoms with Gasteiger partial charge >= 0.3 is 0 Å². The fourth-order valence-corrected chi connectivity index (χ4v) is 2.65. The van der Waals surface area contributed by atoms with E-state index in [2.05, 4.69) is 33.5 Å². The van der Waals surface area contributed by atoms with Crippen LogP contribution >= 0.6 is 0 Å². The van der Waals surface area contributed by atoms with E-state index in [1.54, 1.807) is 12.4 Å². The molecule has 4 rings (SSSR count). The van der Waals surface area contributed by atoms with Gasteiger partial charge in [-0.25, -0.2) is 9.97 Å². The molecule has 0 unspecified atom stereocenters. The fourth-order valence-electron chi connectivity index (χ4n) is 2.65. The molecule has 0 aliphatic rings. The lowest BCUT2D eigenvalue weighted by Crippen LogP contribution is -2.05. The van der Waals surface area contributed by atoms with E-state index < -0.39 is 0 Å². The SMILES string of the molecule is c1ccc(-c2cc3cccnc3nc2NCc2ccccn2)cc1. The third kappa shape index (κ3) is 2.94. The number of pyridine rings is 3. The molecule has 0 saturated heterocycles. The Bertz CT molecular complexity index is 953. The highest BCUT2D eigenvalue weighted by molar-refractivity contribution is 5.87. The van der Waals surface area contributed by atoms with Crippen LogP contribution in [0.25, 0.3) is 22.2 Å². The number of hydrogen-bond acceptors (Lipinski definition) is 4. The second-order valence-electron chi connectivity index (χ2n) is 5.48. The zero-order valence-electron chi connectivity index (χ0n) is 13.1. The number of nitrogens with zero attached hydrogens (tertiary/aromatic N) is 3. The topological polar surface area (TPSA) is 50.7 Å². The molecule has 0 bridgehead atoms. The van der Waals surface area contributed by atoms with Crippen LogP contribution in [0.2, 0.25) is 0 Å². The molecule has 0 fully saturated rings. The lowest BCUT2D eigenvalue weighted by molar-refractivity contribution is 1.03. The minimum Gasteiger partial charge on any atom is -0.364 e. The summed E-state index contributed by atoms with van der Waals surface area (Å²) in [6.07, 6.45) is 3.56. The molecule has 0 amide bonds. The number of fused-ring (bicyclic) bond motifs is 1. The predicted molar refractivity (Wildman–Crippen MR) is 96.5 cm³/mol. The van der Waals surface area contributed by atoms with Crippen molar-refractivity contribution < 1.29 is 0 Å². The van der Waals surface area contributed by atoms with Crippen molar-refractivity contribution in [2.24, 2.45) is 0 Å². The predicted octanol–water partition coefficient (Wildman–Crippen LogP) is 4.30. The molecule has 1 aromatic carbocycles. The summed E-state index contributed by atoms with van der Waals surface area (Å²) in [5.41, 5.74) is 3.89. The van der Waals surface area contributed by atoms with Crippen molar-refractivity contribution in [3.8, 4) is 11.1 Å². The van der Waals surface area contributed by atoms with Gasteiger partial charge in [-0.3, -0.25) is 4.98 Å². The Balaban J connectivity index is 1.77. The van der Waals surface area contributed by atoms with Crippen LogP contribution in [-0.4, -0.2) is 15.0 Å². The van der Waals surface area contributed by atoms with Gasteiger partial charge in [0.25, 0.3) is 0 Å². The largest absolute Gasteiger partial charge is 0.364 e. The van der Waals surface area contributed by atoms with E-state index in [1.165, 1.54) is 0 Å². The minimum atomic E-state index is 0.617. The number of benzene rings is 1. The Morgan fingerprint density at radius 1 is 0.792 bits per heavy atom. The van der Waals surface area contributed by atoms with Gasteiger partial charge in [-0.1, -0.05) is 36.4 Å². The molecule has 4 nitrogen and oxygen atoms in total. The van der Waals surface area contributed by atoms with Gasteiger partial charge in [0, 0.05) is 23.3 Å². The lowest BCUT2D eigenvalue weighted by Gasteiger charge is -2.12. The van der Waals surface area contributed by atoms with Crippen LogP contribution in [0.15, 0.2) is 79.1 Å². The highest BCUT2D eigenvalue weighted by Gasteiger charge is 2.09. The van der Waals surface area contributed by atoms with Crippen molar-refractivity contribution in [2.45, 2.75) is 6.54 Å². The van der Waals surface area contributed by atoms with Crippen LogP contribution in [0.4, 0.5) is 5.82 Å². The second kappa shape index (κ2) is 6.46. The van der Waals surface area contributed by atoms with Crippen LogP contribution in [0.5, 0.6) is 0 Å². The molecule has 4 aromatic rings. The van der Waals surface area contributed by atoms with Crippen molar-refractivity contribution in [2.75, 3.05) is 5.32 Å². The van der Waals surface area contributed by atoms with Crippen molar-refractivity contribution in [1.29, 1.82) is 0 Å². The first kappa shape index (κ1) is 14.3. The average Bonchev–Trinajstić information content (AvgIpc) is 2.67. The Kier molecular flexibility index (Phi) is 3.86. The minimum absolute atomic E-state index is 0.617. The zero-order chi connectivity index (χ0) is 16.2. The average molecular weight is 312 g/mol. The van der Waals surface area contributed by atoms with Crippen molar-refractivity contribution in [1.82, 2.24) is 15.0 Å². The quantitative estimate of drug-likeness (QED) is 0.610. The Labute approximate surface area is 140 Å². The highest BCUT2D eigenvalue weighted by atomic mass is 15.0.